The van der Waals surface area contributed by atoms with E-state index in [1.807, 2.05) is 37.3 Å². The number of fused-ring (bicyclic) bond motifs is 1. The molecule has 1 amide bonds. The molecule has 1 fully saturated rings. The molecule has 0 radical (unpaired) electrons. The number of nitrogens with zero attached hydrogens (tertiary/aromatic N) is 4. The van der Waals surface area contributed by atoms with Gasteiger partial charge in [0.1, 0.15) is 11.6 Å². The van der Waals surface area contributed by atoms with Gasteiger partial charge in [0.25, 0.3) is 5.91 Å². The van der Waals surface area contributed by atoms with Crippen molar-refractivity contribution in [2.75, 3.05) is 24.6 Å². The van der Waals surface area contributed by atoms with E-state index in [0.29, 0.717) is 5.75 Å². The van der Waals surface area contributed by atoms with Crippen molar-refractivity contribution < 1.29 is 13.9 Å². The van der Waals surface area contributed by atoms with E-state index in [0.717, 1.165) is 52.8 Å². The Labute approximate surface area is 194 Å². The van der Waals surface area contributed by atoms with Crippen molar-refractivity contribution in [3.05, 3.63) is 66.1 Å². The first-order chi connectivity index (χ1) is 16.1. The summed E-state index contributed by atoms with van der Waals surface area (Å²) in [5.74, 6) is 0.305. The highest BCUT2D eigenvalue weighted by atomic mass is 32.1. The molecule has 4 aromatic rings. The van der Waals surface area contributed by atoms with E-state index in [9.17, 15) is 9.18 Å². The fourth-order valence-electron chi connectivity index (χ4n) is 3.97. The zero-order chi connectivity index (χ0) is 22.8. The predicted octanol–water partition coefficient (Wildman–Crippen LogP) is 4.09. The van der Waals surface area contributed by atoms with Crippen LogP contribution in [0.25, 0.3) is 16.0 Å². The van der Waals surface area contributed by atoms with E-state index in [2.05, 4.69) is 15.3 Å². The van der Waals surface area contributed by atoms with Gasteiger partial charge >= 0.3 is 0 Å². The third-order valence-electron chi connectivity index (χ3n) is 5.69. The van der Waals surface area contributed by atoms with Crippen molar-refractivity contribution in [3.8, 4) is 11.4 Å². The van der Waals surface area contributed by atoms with E-state index in [1.165, 1.54) is 12.1 Å². The number of halogens is 1. The number of aryl methyl sites for hydroxylation is 1. The van der Waals surface area contributed by atoms with Crippen molar-refractivity contribution in [1.29, 1.82) is 0 Å². The van der Waals surface area contributed by atoms with Crippen molar-refractivity contribution in [2.24, 2.45) is 0 Å². The van der Waals surface area contributed by atoms with Crippen LogP contribution in [0.4, 0.5) is 9.52 Å². The molecule has 5 rings (SSSR count). The van der Waals surface area contributed by atoms with Crippen LogP contribution in [0.2, 0.25) is 0 Å². The molecule has 1 N–H and O–H groups in total. The van der Waals surface area contributed by atoms with Gasteiger partial charge in [-0.1, -0.05) is 29.5 Å². The van der Waals surface area contributed by atoms with Gasteiger partial charge < -0.3 is 15.0 Å². The number of amides is 1. The van der Waals surface area contributed by atoms with Crippen molar-refractivity contribution >= 4 is 32.7 Å². The van der Waals surface area contributed by atoms with Gasteiger partial charge in [-0.25, -0.2) is 9.07 Å². The molecule has 0 unspecified atom stereocenters. The van der Waals surface area contributed by atoms with Crippen LogP contribution in [0.1, 0.15) is 18.5 Å². The van der Waals surface area contributed by atoms with Gasteiger partial charge in [-0.05, 0) is 56.2 Å². The van der Waals surface area contributed by atoms with Gasteiger partial charge in [-0.2, -0.15) is 10.1 Å². The largest absolute Gasteiger partial charge is 0.484 e. The van der Waals surface area contributed by atoms with Gasteiger partial charge in [0.2, 0.25) is 0 Å². The van der Waals surface area contributed by atoms with Gasteiger partial charge in [-0.15, -0.1) is 0 Å². The molecule has 2 aromatic carbocycles. The lowest BCUT2D eigenvalue weighted by molar-refractivity contribution is -0.123. The maximum absolute atomic E-state index is 13.3. The summed E-state index contributed by atoms with van der Waals surface area (Å²) in [5.41, 5.74) is 2.47. The number of nitrogens with one attached hydrogen (secondary N) is 1. The molecule has 3 heterocycles. The zero-order valence-corrected chi connectivity index (χ0v) is 19.0. The summed E-state index contributed by atoms with van der Waals surface area (Å²) in [6.07, 6.45) is 1.69. The summed E-state index contributed by atoms with van der Waals surface area (Å²) >= 11 is 1.62. The second-order valence-corrected chi connectivity index (χ2v) is 9.03. The lowest BCUT2D eigenvalue weighted by Crippen LogP contribution is -2.46. The summed E-state index contributed by atoms with van der Waals surface area (Å²) in [6.45, 7) is 3.60. The summed E-state index contributed by atoms with van der Waals surface area (Å²) in [7, 11) is 0. The maximum Gasteiger partial charge on any atom is 0.258 e. The van der Waals surface area contributed by atoms with Crippen LogP contribution in [-0.4, -0.2) is 46.4 Å². The number of carbonyl (C=O) groups excluding carboxylic acids is 1. The lowest BCUT2D eigenvalue weighted by Gasteiger charge is -2.32. The molecule has 0 bridgehead atoms. The number of carbonyl (C=O) groups is 1. The topological polar surface area (TPSA) is 72.3 Å². The molecular formula is C24H24FN5O2S. The number of hydrogen-bond donors (Lipinski definition) is 1. The normalized spacial score (nSPS) is 14.5. The van der Waals surface area contributed by atoms with E-state index in [-0.39, 0.29) is 24.4 Å². The zero-order valence-electron chi connectivity index (χ0n) is 18.2. The van der Waals surface area contributed by atoms with Crippen LogP contribution < -0.4 is 15.0 Å². The first-order valence-corrected chi connectivity index (χ1v) is 11.7. The number of aromatic nitrogens is 3. The minimum atomic E-state index is -0.278. The number of para-hydroxylation sites is 1. The molecule has 0 saturated carbocycles. The quantitative estimate of drug-likeness (QED) is 0.464. The minimum absolute atomic E-state index is 0.0151. The van der Waals surface area contributed by atoms with Crippen LogP contribution >= 0.6 is 11.3 Å². The maximum atomic E-state index is 13.3. The average molecular weight is 466 g/mol. The average Bonchev–Trinajstić information content (AvgIpc) is 3.40. The van der Waals surface area contributed by atoms with E-state index >= 15 is 0 Å². The van der Waals surface area contributed by atoms with Gasteiger partial charge in [0, 0.05) is 19.1 Å². The van der Waals surface area contributed by atoms with Crippen LogP contribution in [-0.2, 0) is 4.79 Å². The molecule has 1 aliphatic heterocycles. The number of thiazole rings is 1. The molecule has 1 aliphatic rings. The molecule has 33 heavy (non-hydrogen) atoms. The minimum Gasteiger partial charge on any atom is -0.484 e. The SMILES string of the molecule is Cc1nn(-c2ccc(F)cc2)c2nc(N3CCC(NC(=O)COc4ccccc4)CC3)sc12. The second-order valence-electron chi connectivity index (χ2n) is 8.05. The number of rotatable bonds is 6. The Morgan fingerprint density at radius 2 is 1.88 bits per heavy atom. The predicted molar refractivity (Wildman–Crippen MR) is 127 cm³/mol. The Balaban J connectivity index is 1.20. The Kier molecular flexibility index (Phi) is 5.95. The Morgan fingerprint density at radius 3 is 2.61 bits per heavy atom. The summed E-state index contributed by atoms with van der Waals surface area (Å²) in [4.78, 5) is 19.4. The third-order valence-corrected chi connectivity index (χ3v) is 6.91. The first-order valence-electron chi connectivity index (χ1n) is 10.9. The number of ether oxygens (including phenoxy) is 1. The van der Waals surface area contributed by atoms with E-state index in [4.69, 9.17) is 9.72 Å². The monoisotopic (exact) mass is 465 g/mol. The summed E-state index contributed by atoms with van der Waals surface area (Å²) in [5, 5.41) is 8.60. The molecule has 170 valence electrons. The molecule has 0 spiro atoms. The molecule has 7 nitrogen and oxygen atoms in total. The Hall–Kier alpha value is -3.46. The second kappa shape index (κ2) is 9.19. The Bertz CT molecular complexity index is 1250. The van der Waals surface area contributed by atoms with Gasteiger partial charge in [-0.3, -0.25) is 4.79 Å². The van der Waals surface area contributed by atoms with Gasteiger partial charge in [0.05, 0.1) is 16.1 Å². The molecule has 1 saturated heterocycles. The molecular weight excluding hydrogens is 441 g/mol. The van der Waals surface area contributed by atoms with Gasteiger partial charge in [0.15, 0.2) is 17.4 Å². The first kappa shape index (κ1) is 21.4. The third kappa shape index (κ3) is 4.68. The lowest BCUT2D eigenvalue weighted by atomic mass is 10.1. The smallest absolute Gasteiger partial charge is 0.258 e. The highest BCUT2D eigenvalue weighted by Crippen LogP contribution is 2.33. The highest BCUT2D eigenvalue weighted by molar-refractivity contribution is 7.22. The molecule has 9 heteroatoms. The fraction of sp³-hybridized carbons (Fsp3) is 0.292. The van der Waals surface area contributed by atoms with Crippen LogP contribution in [0, 0.1) is 12.7 Å². The summed E-state index contributed by atoms with van der Waals surface area (Å²) in [6, 6.07) is 15.7. The fourth-order valence-corrected chi connectivity index (χ4v) is 5.01. The molecule has 0 atom stereocenters. The number of benzene rings is 2. The highest BCUT2D eigenvalue weighted by Gasteiger charge is 2.24. The Morgan fingerprint density at radius 1 is 1.15 bits per heavy atom. The van der Waals surface area contributed by atoms with E-state index in [1.54, 1.807) is 28.2 Å². The summed E-state index contributed by atoms with van der Waals surface area (Å²) < 4.78 is 21.6. The standard InChI is InChI=1S/C24H24FN5O2S/c1-16-22-23(30(28-16)19-9-7-17(25)8-10-19)27-24(33-22)29-13-11-18(12-14-29)26-21(31)15-32-20-5-3-2-4-6-20/h2-10,18H,11-15H2,1H3,(H,26,31). The van der Waals surface area contributed by atoms with Crippen LogP contribution in [0.3, 0.4) is 0 Å². The van der Waals surface area contributed by atoms with Crippen molar-refractivity contribution in [2.45, 2.75) is 25.8 Å². The molecule has 0 aliphatic carbocycles. The van der Waals surface area contributed by atoms with E-state index < -0.39 is 0 Å². The van der Waals surface area contributed by atoms with Crippen molar-refractivity contribution in [3.63, 3.8) is 0 Å². The number of hydrogen-bond acceptors (Lipinski definition) is 6. The number of anilines is 1. The van der Waals surface area contributed by atoms with Crippen LogP contribution in [0.15, 0.2) is 54.6 Å². The molecule has 2 aromatic heterocycles. The van der Waals surface area contributed by atoms with Crippen LogP contribution in [0.5, 0.6) is 5.75 Å². The van der Waals surface area contributed by atoms with Crippen molar-refractivity contribution in [1.82, 2.24) is 20.1 Å². The number of piperidine rings is 1.